The van der Waals surface area contributed by atoms with Crippen molar-refractivity contribution in [2.75, 3.05) is 5.32 Å². The molecule has 110 valence electrons. The Hall–Kier alpha value is -2.90. The monoisotopic (exact) mass is 290 g/mol. The first-order chi connectivity index (χ1) is 10.0. The fourth-order valence-corrected chi connectivity index (χ4v) is 1.57. The van der Waals surface area contributed by atoms with Crippen LogP contribution in [-0.4, -0.2) is 27.1 Å². The molecule has 0 aliphatic carbocycles. The van der Waals surface area contributed by atoms with Crippen LogP contribution in [-0.2, 0) is 17.8 Å². The molecule has 0 aromatic carbocycles. The summed E-state index contributed by atoms with van der Waals surface area (Å²) in [7, 11) is 0. The van der Waals surface area contributed by atoms with Crippen molar-refractivity contribution < 1.29 is 19.1 Å². The van der Waals surface area contributed by atoms with Gasteiger partial charge in [-0.1, -0.05) is 0 Å². The highest BCUT2D eigenvalue weighted by molar-refractivity contribution is 5.88. The van der Waals surface area contributed by atoms with Gasteiger partial charge in [0.15, 0.2) is 0 Å². The number of pyridine rings is 1. The molecule has 0 atom stereocenters. The van der Waals surface area contributed by atoms with Gasteiger partial charge in [0.25, 0.3) is 0 Å². The smallest absolute Gasteiger partial charge is 0.319 e. The number of urea groups is 1. The number of hydrogen-bond acceptors (Lipinski definition) is 5. The van der Waals surface area contributed by atoms with E-state index in [1.807, 2.05) is 0 Å². The first-order valence-corrected chi connectivity index (χ1v) is 6.16. The second-order valence-corrected chi connectivity index (χ2v) is 4.28. The van der Waals surface area contributed by atoms with Crippen LogP contribution in [0, 0.1) is 6.92 Å². The van der Waals surface area contributed by atoms with Gasteiger partial charge in [0.05, 0.1) is 36.7 Å². The Balaban J connectivity index is 1.83. The van der Waals surface area contributed by atoms with Crippen LogP contribution in [0.4, 0.5) is 10.5 Å². The van der Waals surface area contributed by atoms with Gasteiger partial charge >= 0.3 is 12.0 Å². The predicted molar refractivity (Wildman–Crippen MR) is 72.7 cm³/mol. The standard InChI is InChI=1S/C13H14N4O4/c1-8-5-15-11(21-8)7-16-13(20)17-10-3-2-9(14-6-10)4-12(18)19/h2-3,5-6H,4,7H2,1H3,(H,18,19)(H2,16,17,20). The lowest BCUT2D eigenvalue weighted by Gasteiger charge is -2.06. The first-order valence-electron chi connectivity index (χ1n) is 6.16. The van der Waals surface area contributed by atoms with E-state index in [0.717, 1.165) is 0 Å². The van der Waals surface area contributed by atoms with E-state index in [1.165, 1.54) is 6.20 Å². The molecule has 21 heavy (non-hydrogen) atoms. The molecular weight excluding hydrogens is 276 g/mol. The zero-order chi connectivity index (χ0) is 15.2. The van der Waals surface area contributed by atoms with Crippen molar-refractivity contribution in [1.82, 2.24) is 15.3 Å². The van der Waals surface area contributed by atoms with Gasteiger partial charge in [0.2, 0.25) is 5.89 Å². The number of nitrogens with one attached hydrogen (secondary N) is 2. The lowest BCUT2D eigenvalue weighted by Crippen LogP contribution is -2.28. The SMILES string of the molecule is Cc1cnc(CNC(=O)Nc2ccc(CC(=O)O)nc2)o1. The fourth-order valence-electron chi connectivity index (χ4n) is 1.57. The normalized spacial score (nSPS) is 10.1. The molecular formula is C13H14N4O4. The zero-order valence-electron chi connectivity index (χ0n) is 11.3. The number of aliphatic carboxylic acids is 1. The molecule has 0 radical (unpaired) electrons. The minimum atomic E-state index is -0.956. The maximum atomic E-state index is 11.6. The summed E-state index contributed by atoms with van der Waals surface area (Å²) in [4.78, 5) is 30.1. The summed E-state index contributed by atoms with van der Waals surface area (Å²) in [6.45, 7) is 1.94. The Morgan fingerprint density at radius 3 is 2.67 bits per heavy atom. The maximum Gasteiger partial charge on any atom is 0.319 e. The van der Waals surface area contributed by atoms with E-state index in [1.54, 1.807) is 25.3 Å². The number of carboxylic acid groups (broad SMARTS) is 1. The minimum absolute atomic E-state index is 0.157. The Kier molecular flexibility index (Phi) is 4.50. The number of anilines is 1. The molecule has 0 saturated carbocycles. The molecule has 3 N–H and O–H groups in total. The summed E-state index contributed by atoms with van der Waals surface area (Å²) in [5.41, 5.74) is 0.883. The second kappa shape index (κ2) is 6.51. The van der Waals surface area contributed by atoms with E-state index >= 15 is 0 Å². The van der Waals surface area contributed by atoms with E-state index in [0.29, 0.717) is 23.0 Å². The molecule has 0 bridgehead atoms. The van der Waals surface area contributed by atoms with Crippen LogP contribution >= 0.6 is 0 Å². The Bertz CT molecular complexity index is 636. The van der Waals surface area contributed by atoms with Crippen molar-refractivity contribution in [2.45, 2.75) is 19.9 Å². The summed E-state index contributed by atoms with van der Waals surface area (Å²) in [5, 5.41) is 13.8. The number of rotatable bonds is 5. The fraction of sp³-hybridized carbons (Fsp3) is 0.231. The number of carbonyl (C=O) groups excluding carboxylic acids is 1. The van der Waals surface area contributed by atoms with E-state index < -0.39 is 12.0 Å². The van der Waals surface area contributed by atoms with Gasteiger partial charge in [0.1, 0.15) is 5.76 Å². The number of amides is 2. The third-order valence-electron chi connectivity index (χ3n) is 2.48. The van der Waals surface area contributed by atoms with Crippen molar-refractivity contribution in [2.24, 2.45) is 0 Å². The molecule has 2 aromatic rings. The van der Waals surface area contributed by atoms with Crippen LogP contribution in [0.15, 0.2) is 28.9 Å². The molecule has 0 unspecified atom stereocenters. The molecule has 0 aliphatic heterocycles. The van der Waals surface area contributed by atoms with Gasteiger partial charge in [-0.25, -0.2) is 9.78 Å². The Labute approximate surface area is 120 Å². The predicted octanol–water partition coefficient (Wildman–Crippen LogP) is 1.33. The van der Waals surface area contributed by atoms with Gasteiger partial charge in [-0.3, -0.25) is 9.78 Å². The van der Waals surface area contributed by atoms with Crippen molar-refractivity contribution in [3.63, 3.8) is 0 Å². The number of aryl methyl sites for hydroxylation is 1. The molecule has 0 aliphatic rings. The number of nitrogens with zero attached hydrogens (tertiary/aromatic N) is 2. The van der Waals surface area contributed by atoms with E-state index in [9.17, 15) is 9.59 Å². The highest BCUT2D eigenvalue weighted by atomic mass is 16.4. The lowest BCUT2D eigenvalue weighted by molar-refractivity contribution is -0.136. The summed E-state index contributed by atoms with van der Waals surface area (Å²) in [6.07, 6.45) is 2.81. The molecule has 0 spiro atoms. The number of carboxylic acids is 1. The molecule has 0 saturated heterocycles. The topological polar surface area (TPSA) is 117 Å². The molecule has 0 fully saturated rings. The number of aromatic nitrogens is 2. The third kappa shape index (κ3) is 4.60. The van der Waals surface area contributed by atoms with Crippen LogP contribution < -0.4 is 10.6 Å². The summed E-state index contributed by atoms with van der Waals surface area (Å²) in [5.74, 6) is 0.130. The van der Waals surface area contributed by atoms with Crippen molar-refractivity contribution >= 4 is 17.7 Å². The van der Waals surface area contributed by atoms with E-state index in [4.69, 9.17) is 9.52 Å². The van der Waals surface area contributed by atoms with Crippen molar-refractivity contribution in [3.05, 3.63) is 41.9 Å². The summed E-state index contributed by atoms with van der Waals surface area (Å²) >= 11 is 0. The molecule has 2 aromatic heterocycles. The van der Waals surface area contributed by atoms with Crippen LogP contribution in [0.5, 0.6) is 0 Å². The molecule has 2 amide bonds. The van der Waals surface area contributed by atoms with Crippen LogP contribution in [0.1, 0.15) is 17.3 Å². The van der Waals surface area contributed by atoms with Crippen LogP contribution in [0.3, 0.4) is 0 Å². The van der Waals surface area contributed by atoms with Gasteiger partial charge < -0.3 is 20.2 Å². The highest BCUT2D eigenvalue weighted by Gasteiger charge is 2.06. The van der Waals surface area contributed by atoms with Gasteiger partial charge in [-0.15, -0.1) is 0 Å². The van der Waals surface area contributed by atoms with Gasteiger partial charge in [-0.05, 0) is 19.1 Å². The van der Waals surface area contributed by atoms with Gasteiger partial charge in [0, 0.05) is 0 Å². The molecule has 2 rings (SSSR count). The average molecular weight is 290 g/mol. The maximum absolute atomic E-state index is 11.6. The first kappa shape index (κ1) is 14.5. The quantitative estimate of drug-likeness (QED) is 0.764. The van der Waals surface area contributed by atoms with Crippen molar-refractivity contribution in [1.29, 1.82) is 0 Å². The molecule has 2 heterocycles. The average Bonchev–Trinajstić information content (AvgIpc) is 2.84. The summed E-state index contributed by atoms with van der Waals surface area (Å²) in [6, 6.07) is 2.69. The number of oxazole rings is 1. The van der Waals surface area contributed by atoms with Crippen LogP contribution in [0.2, 0.25) is 0 Å². The zero-order valence-corrected chi connectivity index (χ0v) is 11.3. The Morgan fingerprint density at radius 2 is 2.10 bits per heavy atom. The highest BCUT2D eigenvalue weighted by Crippen LogP contribution is 2.07. The second-order valence-electron chi connectivity index (χ2n) is 4.28. The minimum Gasteiger partial charge on any atom is -0.481 e. The van der Waals surface area contributed by atoms with E-state index in [2.05, 4.69) is 20.6 Å². The van der Waals surface area contributed by atoms with E-state index in [-0.39, 0.29) is 13.0 Å². The van der Waals surface area contributed by atoms with Gasteiger partial charge in [-0.2, -0.15) is 0 Å². The lowest BCUT2D eigenvalue weighted by atomic mass is 10.2. The van der Waals surface area contributed by atoms with Crippen LogP contribution in [0.25, 0.3) is 0 Å². The largest absolute Gasteiger partial charge is 0.481 e. The number of hydrogen-bond donors (Lipinski definition) is 3. The molecule has 8 nitrogen and oxygen atoms in total. The van der Waals surface area contributed by atoms with Crippen molar-refractivity contribution in [3.8, 4) is 0 Å². The third-order valence-corrected chi connectivity index (χ3v) is 2.48. The number of carbonyl (C=O) groups is 2. The summed E-state index contributed by atoms with van der Waals surface area (Å²) < 4.78 is 5.22. The molecule has 8 heteroatoms. The Morgan fingerprint density at radius 1 is 1.29 bits per heavy atom.